The average molecular weight is 344 g/mol. The van der Waals surface area contributed by atoms with Crippen LogP contribution in [0.5, 0.6) is 17.2 Å². The third-order valence-corrected chi connectivity index (χ3v) is 3.71. The van der Waals surface area contributed by atoms with Gasteiger partial charge in [-0.2, -0.15) is 0 Å². The van der Waals surface area contributed by atoms with Crippen LogP contribution in [0.25, 0.3) is 0 Å². The highest BCUT2D eigenvalue weighted by Crippen LogP contribution is 2.27. The number of rotatable bonds is 9. The Hall–Kier alpha value is -2.73. The fourth-order valence-electron chi connectivity index (χ4n) is 2.41. The van der Waals surface area contributed by atoms with E-state index in [2.05, 4.69) is 10.6 Å². The second-order valence-corrected chi connectivity index (χ2v) is 5.36. The quantitative estimate of drug-likeness (QED) is 0.684. The van der Waals surface area contributed by atoms with Gasteiger partial charge < -0.3 is 24.8 Å². The highest BCUT2D eigenvalue weighted by molar-refractivity contribution is 5.93. The molecule has 0 spiro atoms. The highest BCUT2D eigenvalue weighted by atomic mass is 16.5. The lowest BCUT2D eigenvalue weighted by Gasteiger charge is -2.11. The van der Waals surface area contributed by atoms with Gasteiger partial charge in [0.25, 0.3) is 0 Å². The molecule has 0 heterocycles. The number of carbonyl (C=O) groups excluding carboxylic acids is 1. The smallest absolute Gasteiger partial charge is 0.238 e. The third-order valence-electron chi connectivity index (χ3n) is 3.71. The summed E-state index contributed by atoms with van der Waals surface area (Å²) in [6, 6.07) is 13.1. The van der Waals surface area contributed by atoms with E-state index in [0.29, 0.717) is 29.5 Å². The normalized spacial score (nSPS) is 10.2. The summed E-state index contributed by atoms with van der Waals surface area (Å²) in [6.45, 7) is 0.903. The van der Waals surface area contributed by atoms with Gasteiger partial charge in [0.15, 0.2) is 11.5 Å². The SMILES string of the molecule is COc1ccccc1NC(=O)CNCCc1ccc(OC)c(OC)c1. The van der Waals surface area contributed by atoms with E-state index in [4.69, 9.17) is 14.2 Å². The van der Waals surface area contributed by atoms with Gasteiger partial charge in [0.2, 0.25) is 5.91 Å². The van der Waals surface area contributed by atoms with Gasteiger partial charge in [-0.25, -0.2) is 0 Å². The van der Waals surface area contributed by atoms with E-state index in [1.165, 1.54) is 0 Å². The lowest BCUT2D eigenvalue weighted by Crippen LogP contribution is -2.29. The molecule has 25 heavy (non-hydrogen) atoms. The molecule has 1 amide bonds. The number of para-hydroxylation sites is 2. The van der Waals surface area contributed by atoms with Gasteiger partial charge in [0.1, 0.15) is 5.75 Å². The fraction of sp³-hybridized carbons (Fsp3) is 0.316. The first-order chi connectivity index (χ1) is 12.2. The van der Waals surface area contributed by atoms with Crippen LogP contribution in [0.3, 0.4) is 0 Å². The first-order valence-electron chi connectivity index (χ1n) is 8.02. The van der Waals surface area contributed by atoms with Crippen molar-refractivity contribution in [3.63, 3.8) is 0 Å². The molecular weight excluding hydrogens is 320 g/mol. The van der Waals surface area contributed by atoms with Crippen LogP contribution in [0.4, 0.5) is 5.69 Å². The minimum atomic E-state index is -0.114. The summed E-state index contributed by atoms with van der Waals surface area (Å²) < 4.78 is 15.7. The summed E-state index contributed by atoms with van der Waals surface area (Å²) in [5.74, 6) is 1.93. The summed E-state index contributed by atoms with van der Waals surface area (Å²) in [6.07, 6.45) is 0.780. The van der Waals surface area contributed by atoms with Crippen LogP contribution >= 0.6 is 0 Å². The van der Waals surface area contributed by atoms with E-state index < -0.39 is 0 Å². The number of carbonyl (C=O) groups is 1. The lowest BCUT2D eigenvalue weighted by molar-refractivity contribution is -0.115. The molecule has 2 N–H and O–H groups in total. The molecule has 0 aliphatic carbocycles. The van der Waals surface area contributed by atoms with Gasteiger partial charge in [0, 0.05) is 0 Å². The Morgan fingerprint density at radius 1 is 0.920 bits per heavy atom. The Kier molecular flexibility index (Phi) is 7.10. The zero-order chi connectivity index (χ0) is 18.1. The molecule has 134 valence electrons. The summed E-state index contributed by atoms with van der Waals surface area (Å²) in [5.41, 5.74) is 1.77. The van der Waals surface area contributed by atoms with Gasteiger partial charge >= 0.3 is 0 Å². The van der Waals surface area contributed by atoms with Crippen LogP contribution < -0.4 is 24.8 Å². The van der Waals surface area contributed by atoms with Crippen molar-refractivity contribution in [2.75, 3.05) is 39.7 Å². The van der Waals surface area contributed by atoms with Crippen molar-refractivity contribution < 1.29 is 19.0 Å². The van der Waals surface area contributed by atoms with Crippen molar-refractivity contribution >= 4 is 11.6 Å². The van der Waals surface area contributed by atoms with Crippen LogP contribution in [0, 0.1) is 0 Å². The van der Waals surface area contributed by atoms with E-state index in [1.807, 2.05) is 30.3 Å². The van der Waals surface area contributed by atoms with E-state index in [9.17, 15) is 4.79 Å². The van der Waals surface area contributed by atoms with Crippen LogP contribution in [0.2, 0.25) is 0 Å². The molecule has 0 unspecified atom stereocenters. The first kappa shape index (κ1) is 18.6. The maximum atomic E-state index is 12.0. The fourth-order valence-corrected chi connectivity index (χ4v) is 2.41. The van der Waals surface area contributed by atoms with Crippen LogP contribution in [-0.4, -0.2) is 40.3 Å². The zero-order valence-corrected chi connectivity index (χ0v) is 14.8. The molecule has 0 radical (unpaired) electrons. The minimum Gasteiger partial charge on any atom is -0.495 e. The van der Waals surface area contributed by atoms with Crippen molar-refractivity contribution in [1.29, 1.82) is 0 Å². The molecular formula is C19H24N2O4. The van der Waals surface area contributed by atoms with E-state index in [0.717, 1.165) is 12.0 Å². The molecule has 0 fully saturated rings. The number of benzene rings is 2. The van der Waals surface area contributed by atoms with Crippen molar-refractivity contribution in [2.45, 2.75) is 6.42 Å². The molecule has 2 rings (SSSR count). The molecule has 0 aliphatic rings. The number of ether oxygens (including phenoxy) is 3. The van der Waals surface area contributed by atoms with Crippen LogP contribution in [0.1, 0.15) is 5.56 Å². The predicted molar refractivity (Wildman–Crippen MR) is 97.7 cm³/mol. The van der Waals surface area contributed by atoms with Crippen LogP contribution in [-0.2, 0) is 11.2 Å². The molecule has 0 bridgehead atoms. The van der Waals surface area contributed by atoms with Gasteiger partial charge in [-0.05, 0) is 42.8 Å². The highest BCUT2D eigenvalue weighted by Gasteiger charge is 2.07. The maximum Gasteiger partial charge on any atom is 0.238 e. The monoisotopic (exact) mass is 344 g/mol. The number of amides is 1. The first-order valence-corrected chi connectivity index (χ1v) is 8.02. The number of hydrogen-bond donors (Lipinski definition) is 2. The lowest BCUT2D eigenvalue weighted by atomic mass is 10.1. The summed E-state index contributed by atoms with van der Waals surface area (Å²) in [5, 5.41) is 5.96. The Balaban J connectivity index is 1.78. The molecule has 2 aromatic rings. The molecule has 0 aromatic heterocycles. The summed E-state index contributed by atoms with van der Waals surface area (Å²) in [4.78, 5) is 12.0. The van der Waals surface area contributed by atoms with Gasteiger partial charge in [-0.3, -0.25) is 4.79 Å². The molecule has 0 aliphatic heterocycles. The Morgan fingerprint density at radius 3 is 2.36 bits per heavy atom. The molecule has 0 atom stereocenters. The van der Waals surface area contributed by atoms with Crippen molar-refractivity contribution in [3.05, 3.63) is 48.0 Å². The predicted octanol–water partition coefficient (Wildman–Crippen LogP) is 2.48. The van der Waals surface area contributed by atoms with Crippen LogP contribution in [0.15, 0.2) is 42.5 Å². The topological polar surface area (TPSA) is 68.8 Å². The molecule has 0 saturated heterocycles. The Morgan fingerprint density at radius 2 is 1.64 bits per heavy atom. The number of anilines is 1. The molecule has 0 saturated carbocycles. The summed E-state index contributed by atoms with van der Waals surface area (Å²) >= 11 is 0. The van der Waals surface area contributed by atoms with E-state index in [-0.39, 0.29) is 12.5 Å². The van der Waals surface area contributed by atoms with E-state index in [1.54, 1.807) is 33.5 Å². The van der Waals surface area contributed by atoms with Gasteiger partial charge in [-0.15, -0.1) is 0 Å². The second-order valence-electron chi connectivity index (χ2n) is 5.36. The average Bonchev–Trinajstić information content (AvgIpc) is 2.65. The minimum absolute atomic E-state index is 0.114. The van der Waals surface area contributed by atoms with Crippen molar-refractivity contribution in [3.8, 4) is 17.2 Å². The second kappa shape index (κ2) is 9.54. The number of hydrogen-bond acceptors (Lipinski definition) is 5. The number of methoxy groups -OCH3 is 3. The Labute approximate surface area is 148 Å². The van der Waals surface area contributed by atoms with Gasteiger partial charge in [-0.1, -0.05) is 18.2 Å². The molecule has 6 nitrogen and oxygen atoms in total. The van der Waals surface area contributed by atoms with Crippen molar-refractivity contribution in [2.24, 2.45) is 0 Å². The Bertz CT molecular complexity index is 704. The largest absolute Gasteiger partial charge is 0.495 e. The van der Waals surface area contributed by atoms with Gasteiger partial charge in [0.05, 0.1) is 33.6 Å². The number of nitrogens with one attached hydrogen (secondary N) is 2. The summed E-state index contributed by atoms with van der Waals surface area (Å²) in [7, 11) is 4.80. The zero-order valence-electron chi connectivity index (χ0n) is 14.8. The maximum absolute atomic E-state index is 12.0. The van der Waals surface area contributed by atoms with E-state index >= 15 is 0 Å². The standard InChI is InChI=1S/C19H24N2O4/c1-23-16-7-5-4-6-15(16)21-19(22)13-20-11-10-14-8-9-17(24-2)18(12-14)25-3/h4-9,12,20H,10-11,13H2,1-3H3,(H,21,22). The molecule has 6 heteroatoms. The third kappa shape index (κ3) is 5.39. The van der Waals surface area contributed by atoms with Crippen molar-refractivity contribution in [1.82, 2.24) is 5.32 Å². The molecule has 2 aromatic carbocycles.